The van der Waals surface area contributed by atoms with E-state index < -0.39 is 0 Å². The van der Waals surface area contributed by atoms with E-state index >= 15 is 0 Å². The Labute approximate surface area is 74.2 Å². The van der Waals surface area contributed by atoms with Crippen molar-refractivity contribution in [3.8, 4) is 6.07 Å². The van der Waals surface area contributed by atoms with Crippen molar-refractivity contribution in [1.82, 2.24) is 19.4 Å². The molecule has 0 spiro atoms. The van der Waals surface area contributed by atoms with Crippen LogP contribution in [0.3, 0.4) is 0 Å². The molecule has 0 bridgehead atoms. The molecule has 0 aromatic carbocycles. The number of fused-ring (bicyclic) bond motifs is 1. The van der Waals surface area contributed by atoms with Crippen molar-refractivity contribution in [2.24, 2.45) is 7.05 Å². The summed E-state index contributed by atoms with van der Waals surface area (Å²) in [6.07, 6.45) is 0. The molecule has 2 aromatic rings. The number of hydrogen-bond donors (Lipinski definition) is 1. The van der Waals surface area contributed by atoms with E-state index in [9.17, 15) is 0 Å². The van der Waals surface area contributed by atoms with Gasteiger partial charge in [0.1, 0.15) is 17.5 Å². The van der Waals surface area contributed by atoms with Crippen molar-refractivity contribution < 1.29 is 0 Å². The van der Waals surface area contributed by atoms with Crippen LogP contribution in [-0.2, 0) is 7.05 Å². The summed E-state index contributed by atoms with van der Waals surface area (Å²) in [4.78, 5) is 0. The topological polar surface area (TPSA) is 84.9 Å². The van der Waals surface area contributed by atoms with Crippen molar-refractivity contribution in [3.05, 3.63) is 11.4 Å². The predicted octanol–water partition coefficient (Wildman–Crippen LogP) is -0.170. The summed E-state index contributed by atoms with van der Waals surface area (Å²) in [7, 11) is 1.75. The molecule has 6 nitrogen and oxygen atoms in total. The maximum absolute atomic E-state index is 8.81. The smallest absolute Gasteiger partial charge is 0.174 e. The molecule has 0 fully saturated rings. The fraction of sp³-hybridized carbons (Fsp3) is 0.286. The molecule has 0 aliphatic carbocycles. The number of hydrogen-bond acceptors (Lipinski definition) is 4. The van der Waals surface area contributed by atoms with Gasteiger partial charge in [0.25, 0.3) is 0 Å². The van der Waals surface area contributed by atoms with Crippen molar-refractivity contribution >= 4 is 11.5 Å². The first-order valence-electron chi connectivity index (χ1n) is 3.73. The Morgan fingerprint density at radius 2 is 2.15 bits per heavy atom. The summed E-state index contributed by atoms with van der Waals surface area (Å²) in [5.74, 6) is 0.962. The van der Waals surface area contributed by atoms with Gasteiger partial charge in [0, 0.05) is 7.05 Å². The molecule has 0 unspecified atom stereocenters. The van der Waals surface area contributed by atoms with Gasteiger partial charge in [0.2, 0.25) is 0 Å². The zero-order chi connectivity index (χ0) is 9.59. The van der Waals surface area contributed by atoms with E-state index in [-0.39, 0.29) is 5.82 Å². The minimum atomic E-state index is 0.249. The van der Waals surface area contributed by atoms with Crippen LogP contribution in [0.2, 0.25) is 0 Å². The van der Waals surface area contributed by atoms with Crippen LogP contribution < -0.4 is 5.73 Å². The summed E-state index contributed by atoms with van der Waals surface area (Å²) in [6, 6.07) is 2.00. The predicted molar refractivity (Wildman–Crippen MR) is 45.8 cm³/mol. The molecular weight excluding hydrogens is 168 g/mol. The first kappa shape index (κ1) is 7.61. The summed E-state index contributed by atoms with van der Waals surface area (Å²) in [5.41, 5.74) is 6.56. The van der Waals surface area contributed by atoms with E-state index in [1.807, 2.05) is 6.07 Å². The van der Waals surface area contributed by atoms with Gasteiger partial charge >= 0.3 is 0 Å². The van der Waals surface area contributed by atoms with Gasteiger partial charge in [-0.1, -0.05) is 0 Å². The van der Waals surface area contributed by atoms with E-state index in [1.165, 1.54) is 0 Å². The SMILES string of the molecule is Cc1nn(C)c2c(C#N)c(N)nn12. The third-order valence-corrected chi connectivity index (χ3v) is 1.91. The van der Waals surface area contributed by atoms with Crippen LogP contribution in [0.1, 0.15) is 11.4 Å². The Balaban J connectivity index is 2.99. The standard InChI is InChI=1S/C7H8N6/c1-4-10-12(2)7-5(3-8)6(9)11-13(4)7/h1-2H3,(H2,9,11). The fourth-order valence-corrected chi connectivity index (χ4v) is 1.36. The number of nitrogen functional groups attached to an aromatic ring is 1. The Hall–Kier alpha value is -2.03. The molecule has 66 valence electrons. The molecule has 0 radical (unpaired) electrons. The molecule has 2 N–H and O–H groups in total. The van der Waals surface area contributed by atoms with Crippen molar-refractivity contribution in [1.29, 1.82) is 5.26 Å². The average molecular weight is 176 g/mol. The minimum absolute atomic E-state index is 0.249. The second-order valence-corrected chi connectivity index (χ2v) is 2.78. The Bertz CT molecular complexity index is 511. The first-order chi connectivity index (χ1) is 6.15. The van der Waals surface area contributed by atoms with E-state index in [0.717, 1.165) is 0 Å². The van der Waals surface area contributed by atoms with Gasteiger partial charge in [-0.15, -0.1) is 5.10 Å². The van der Waals surface area contributed by atoms with Gasteiger partial charge in [0.15, 0.2) is 11.5 Å². The van der Waals surface area contributed by atoms with Gasteiger partial charge in [0.05, 0.1) is 0 Å². The van der Waals surface area contributed by atoms with Gasteiger partial charge in [-0.3, -0.25) is 0 Å². The largest absolute Gasteiger partial charge is 0.381 e. The zero-order valence-electron chi connectivity index (χ0n) is 7.31. The lowest BCUT2D eigenvalue weighted by molar-refractivity contribution is 0.780. The van der Waals surface area contributed by atoms with Crippen LogP contribution in [-0.4, -0.2) is 19.4 Å². The molecule has 0 aliphatic rings. The monoisotopic (exact) mass is 176 g/mol. The summed E-state index contributed by atoms with van der Waals surface area (Å²) >= 11 is 0. The van der Waals surface area contributed by atoms with Crippen LogP contribution in [0.4, 0.5) is 5.82 Å². The number of aromatic nitrogens is 4. The molecule has 0 aliphatic heterocycles. The van der Waals surface area contributed by atoms with E-state index in [4.69, 9.17) is 11.0 Å². The highest BCUT2D eigenvalue weighted by molar-refractivity contribution is 5.66. The molecule has 2 heterocycles. The lowest BCUT2D eigenvalue weighted by Crippen LogP contribution is -1.94. The molecule has 13 heavy (non-hydrogen) atoms. The van der Waals surface area contributed by atoms with Gasteiger partial charge in [-0.25, -0.2) is 4.68 Å². The van der Waals surface area contributed by atoms with Gasteiger partial charge < -0.3 is 5.73 Å². The molecule has 6 heteroatoms. The maximum Gasteiger partial charge on any atom is 0.174 e. The second kappa shape index (κ2) is 2.23. The Kier molecular flexibility index (Phi) is 1.31. The van der Waals surface area contributed by atoms with Gasteiger partial charge in [-0.05, 0) is 6.92 Å². The second-order valence-electron chi connectivity index (χ2n) is 2.78. The van der Waals surface area contributed by atoms with Crippen molar-refractivity contribution in [2.45, 2.75) is 6.92 Å². The number of rotatable bonds is 0. The highest BCUT2D eigenvalue weighted by atomic mass is 15.4. The quantitative estimate of drug-likeness (QED) is 0.603. The first-order valence-corrected chi connectivity index (χ1v) is 3.73. The third-order valence-electron chi connectivity index (χ3n) is 1.91. The Morgan fingerprint density at radius 3 is 2.77 bits per heavy atom. The average Bonchev–Trinajstić information content (AvgIpc) is 2.52. The maximum atomic E-state index is 8.81. The zero-order valence-corrected chi connectivity index (χ0v) is 7.31. The minimum Gasteiger partial charge on any atom is -0.381 e. The lowest BCUT2D eigenvalue weighted by Gasteiger charge is -1.87. The van der Waals surface area contributed by atoms with E-state index in [2.05, 4.69) is 10.2 Å². The highest BCUT2D eigenvalue weighted by Crippen LogP contribution is 2.16. The molecule has 0 amide bonds. The third kappa shape index (κ3) is 0.810. The van der Waals surface area contributed by atoms with Crippen LogP contribution in [0.5, 0.6) is 0 Å². The number of nitrogens with two attached hydrogens (primary N) is 1. The van der Waals surface area contributed by atoms with Crippen LogP contribution in [0, 0.1) is 18.3 Å². The van der Waals surface area contributed by atoms with E-state index in [1.54, 1.807) is 23.2 Å². The number of nitrogens with zero attached hydrogens (tertiary/aromatic N) is 5. The summed E-state index contributed by atoms with van der Waals surface area (Å²) in [6.45, 7) is 1.81. The van der Waals surface area contributed by atoms with Crippen molar-refractivity contribution in [2.75, 3.05) is 5.73 Å². The van der Waals surface area contributed by atoms with Crippen LogP contribution in [0.15, 0.2) is 0 Å². The van der Waals surface area contributed by atoms with Crippen LogP contribution >= 0.6 is 0 Å². The van der Waals surface area contributed by atoms with Gasteiger partial charge in [-0.2, -0.15) is 14.9 Å². The van der Waals surface area contributed by atoms with E-state index in [0.29, 0.717) is 17.0 Å². The molecule has 2 rings (SSSR count). The van der Waals surface area contributed by atoms with Crippen molar-refractivity contribution in [3.63, 3.8) is 0 Å². The summed E-state index contributed by atoms with van der Waals surface area (Å²) in [5, 5.41) is 16.9. The normalized spacial score (nSPS) is 10.5. The van der Waals surface area contributed by atoms with Crippen LogP contribution in [0.25, 0.3) is 5.65 Å². The highest BCUT2D eigenvalue weighted by Gasteiger charge is 2.15. The lowest BCUT2D eigenvalue weighted by atomic mass is 10.3. The molecule has 0 saturated carbocycles. The molecule has 0 atom stereocenters. The molecule has 2 aromatic heterocycles. The molecular formula is C7H8N6. The number of nitriles is 1. The number of aryl methyl sites for hydroxylation is 2. The number of anilines is 1. The fourth-order valence-electron chi connectivity index (χ4n) is 1.36. The summed E-state index contributed by atoms with van der Waals surface area (Å²) < 4.78 is 3.16. The Morgan fingerprint density at radius 1 is 1.46 bits per heavy atom. The molecule has 0 saturated heterocycles.